The summed E-state index contributed by atoms with van der Waals surface area (Å²) in [6, 6.07) is 8.48. The van der Waals surface area contributed by atoms with E-state index in [1.165, 1.54) is 24.3 Å². The maximum absolute atomic E-state index is 13.3. The molecular formula is C21H20ClFN2O4. The van der Waals surface area contributed by atoms with Gasteiger partial charge in [0.1, 0.15) is 11.4 Å². The molecule has 0 unspecified atom stereocenters. The van der Waals surface area contributed by atoms with Crippen molar-refractivity contribution in [3.63, 3.8) is 0 Å². The number of fused-ring (bicyclic) bond motifs is 1. The molecule has 0 radical (unpaired) electrons. The number of nitrogens with one attached hydrogen (secondary N) is 1. The highest BCUT2D eigenvalue weighted by Gasteiger charge is 2.51. The zero-order valence-electron chi connectivity index (χ0n) is 15.8. The summed E-state index contributed by atoms with van der Waals surface area (Å²) in [5.74, 6) is 0.173. The van der Waals surface area contributed by atoms with Gasteiger partial charge in [0.15, 0.2) is 11.5 Å². The largest absolute Gasteiger partial charge is 0.489 e. The number of benzene rings is 2. The standard InChI is InChI=1S/C21H20ClFN2O4/c1-2-21(14-4-6-15(23)7-5-14)19(26)25(20(27)24-21)12-13-10-16(22)18-17(11-13)28-8-3-9-29-18/h4-7,10-11H,2-3,8-9,12H2,1H3,(H,24,27)/t21-/m0/s1. The highest BCUT2D eigenvalue weighted by Crippen LogP contribution is 2.39. The first-order valence-corrected chi connectivity index (χ1v) is 9.80. The third kappa shape index (κ3) is 3.40. The van der Waals surface area contributed by atoms with Crippen molar-refractivity contribution in [3.05, 3.63) is 58.4 Å². The zero-order valence-corrected chi connectivity index (χ0v) is 16.6. The van der Waals surface area contributed by atoms with Crippen molar-refractivity contribution in [2.24, 2.45) is 0 Å². The van der Waals surface area contributed by atoms with E-state index in [-0.39, 0.29) is 12.5 Å². The molecule has 1 fully saturated rings. The van der Waals surface area contributed by atoms with Crippen molar-refractivity contribution in [1.82, 2.24) is 10.2 Å². The van der Waals surface area contributed by atoms with E-state index in [2.05, 4.69) is 5.32 Å². The summed E-state index contributed by atoms with van der Waals surface area (Å²) < 4.78 is 24.6. The first kappa shape index (κ1) is 19.5. The van der Waals surface area contributed by atoms with E-state index in [4.69, 9.17) is 21.1 Å². The number of carbonyl (C=O) groups excluding carboxylic acids is 2. The number of carbonyl (C=O) groups is 2. The summed E-state index contributed by atoms with van der Waals surface area (Å²) in [5, 5.41) is 3.15. The summed E-state index contributed by atoms with van der Waals surface area (Å²) in [6.07, 6.45) is 1.08. The van der Waals surface area contributed by atoms with E-state index < -0.39 is 17.4 Å². The number of hydrogen-bond acceptors (Lipinski definition) is 4. The van der Waals surface area contributed by atoms with Gasteiger partial charge in [0, 0.05) is 6.42 Å². The number of amides is 3. The van der Waals surface area contributed by atoms with Gasteiger partial charge >= 0.3 is 6.03 Å². The van der Waals surface area contributed by atoms with Crippen LogP contribution in [0.25, 0.3) is 0 Å². The maximum atomic E-state index is 13.3. The Bertz CT molecular complexity index is 966. The summed E-state index contributed by atoms with van der Waals surface area (Å²) in [6.45, 7) is 2.84. The normalized spacial score (nSPS) is 21.1. The SMILES string of the molecule is CC[C@@]1(c2ccc(F)cc2)NC(=O)N(Cc2cc(Cl)c3c(c2)OCCCO3)C1=O. The van der Waals surface area contributed by atoms with Gasteiger partial charge in [0.2, 0.25) is 0 Å². The third-order valence-electron chi connectivity index (χ3n) is 5.25. The fourth-order valence-corrected chi connectivity index (χ4v) is 3.99. The van der Waals surface area contributed by atoms with Crippen LogP contribution in [0.4, 0.5) is 9.18 Å². The average molecular weight is 419 g/mol. The van der Waals surface area contributed by atoms with Gasteiger partial charge in [0.25, 0.3) is 5.91 Å². The molecule has 2 heterocycles. The van der Waals surface area contributed by atoms with Crippen LogP contribution in [-0.2, 0) is 16.9 Å². The smallest absolute Gasteiger partial charge is 0.325 e. The summed E-state index contributed by atoms with van der Waals surface area (Å²) in [7, 11) is 0. The third-order valence-corrected chi connectivity index (χ3v) is 5.53. The lowest BCUT2D eigenvalue weighted by molar-refractivity contribution is -0.132. The Morgan fingerprint density at radius 2 is 1.90 bits per heavy atom. The van der Waals surface area contributed by atoms with Gasteiger partial charge in [-0.2, -0.15) is 0 Å². The minimum Gasteiger partial charge on any atom is -0.489 e. The van der Waals surface area contributed by atoms with Crippen LogP contribution in [0.3, 0.4) is 0 Å². The van der Waals surface area contributed by atoms with Gasteiger partial charge in [-0.1, -0.05) is 30.7 Å². The van der Waals surface area contributed by atoms with E-state index in [0.717, 1.165) is 11.3 Å². The van der Waals surface area contributed by atoms with Crippen molar-refractivity contribution in [2.75, 3.05) is 13.2 Å². The Labute approximate surface area is 172 Å². The van der Waals surface area contributed by atoms with Crippen LogP contribution >= 0.6 is 11.6 Å². The molecule has 4 rings (SSSR count). The van der Waals surface area contributed by atoms with Crippen molar-refractivity contribution >= 4 is 23.5 Å². The molecule has 0 bridgehead atoms. The Morgan fingerprint density at radius 3 is 2.62 bits per heavy atom. The molecule has 29 heavy (non-hydrogen) atoms. The second kappa shape index (κ2) is 7.55. The number of hydrogen-bond donors (Lipinski definition) is 1. The summed E-state index contributed by atoms with van der Waals surface area (Å²) in [4.78, 5) is 27.1. The Morgan fingerprint density at radius 1 is 1.17 bits per heavy atom. The van der Waals surface area contributed by atoms with E-state index in [9.17, 15) is 14.0 Å². The molecule has 1 atom stereocenters. The van der Waals surface area contributed by atoms with E-state index in [0.29, 0.717) is 47.3 Å². The second-order valence-corrected chi connectivity index (χ2v) is 7.45. The lowest BCUT2D eigenvalue weighted by Gasteiger charge is -2.26. The van der Waals surface area contributed by atoms with Crippen LogP contribution in [0.2, 0.25) is 5.02 Å². The molecule has 2 aliphatic rings. The highest BCUT2D eigenvalue weighted by molar-refractivity contribution is 6.32. The minimum absolute atomic E-state index is 0.0317. The first-order chi connectivity index (χ1) is 13.9. The van der Waals surface area contributed by atoms with E-state index in [1.807, 2.05) is 0 Å². The number of ether oxygens (including phenoxy) is 2. The van der Waals surface area contributed by atoms with Gasteiger partial charge in [-0.05, 0) is 41.8 Å². The number of rotatable bonds is 4. The summed E-state index contributed by atoms with van der Waals surface area (Å²) >= 11 is 6.33. The Hall–Kier alpha value is -2.80. The molecule has 0 aliphatic carbocycles. The number of imide groups is 1. The van der Waals surface area contributed by atoms with Crippen molar-refractivity contribution in [2.45, 2.75) is 31.8 Å². The summed E-state index contributed by atoms with van der Waals surface area (Å²) in [5.41, 5.74) is -0.0347. The molecule has 1 N–H and O–H groups in total. The molecule has 2 aromatic rings. The van der Waals surface area contributed by atoms with Crippen LogP contribution < -0.4 is 14.8 Å². The number of urea groups is 1. The molecule has 3 amide bonds. The predicted molar refractivity (Wildman–Crippen MR) is 105 cm³/mol. The van der Waals surface area contributed by atoms with Crippen LogP contribution in [0.15, 0.2) is 36.4 Å². The molecule has 0 saturated carbocycles. The van der Waals surface area contributed by atoms with Gasteiger partial charge < -0.3 is 14.8 Å². The molecule has 0 spiro atoms. The highest BCUT2D eigenvalue weighted by atomic mass is 35.5. The molecule has 0 aromatic heterocycles. The van der Waals surface area contributed by atoms with Crippen molar-refractivity contribution in [1.29, 1.82) is 0 Å². The fraction of sp³-hybridized carbons (Fsp3) is 0.333. The molecule has 152 valence electrons. The molecule has 8 heteroatoms. The maximum Gasteiger partial charge on any atom is 0.325 e. The van der Waals surface area contributed by atoms with Gasteiger partial charge in [-0.3, -0.25) is 9.69 Å². The first-order valence-electron chi connectivity index (χ1n) is 9.43. The zero-order chi connectivity index (χ0) is 20.6. The molecule has 1 saturated heterocycles. The Kier molecular flexibility index (Phi) is 5.08. The fourth-order valence-electron chi connectivity index (χ4n) is 3.70. The number of halogens is 2. The molecule has 2 aromatic carbocycles. The minimum atomic E-state index is -1.22. The van der Waals surface area contributed by atoms with Gasteiger partial charge in [-0.15, -0.1) is 0 Å². The van der Waals surface area contributed by atoms with Gasteiger partial charge in [-0.25, -0.2) is 9.18 Å². The predicted octanol–water partition coefficient (Wildman–Crippen LogP) is 4.00. The van der Waals surface area contributed by atoms with Crippen LogP contribution in [0.1, 0.15) is 30.9 Å². The molecule has 6 nitrogen and oxygen atoms in total. The Balaban J connectivity index is 1.64. The lowest BCUT2D eigenvalue weighted by atomic mass is 9.87. The number of nitrogens with zero attached hydrogens (tertiary/aromatic N) is 1. The monoisotopic (exact) mass is 418 g/mol. The van der Waals surface area contributed by atoms with Gasteiger partial charge in [0.05, 0.1) is 24.8 Å². The second-order valence-electron chi connectivity index (χ2n) is 7.04. The van der Waals surface area contributed by atoms with Crippen molar-refractivity contribution < 1.29 is 23.5 Å². The van der Waals surface area contributed by atoms with Crippen molar-refractivity contribution in [3.8, 4) is 11.5 Å². The topological polar surface area (TPSA) is 67.9 Å². The average Bonchev–Trinajstić information content (AvgIpc) is 2.87. The van der Waals surface area contributed by atoms with Crippen LogP contribution in [0, 0.1) is 5.82 Å². The van der Waals surface area contributed by atoms with Crippen LogP contribution in [-0.4, -0.2) is 30.1 Å². The molecular weight excluding hydrogens is 399 g/mol. The van der Waals surface area contributed by atoms with E-state index >= 15 is 0 Å². The van der Waals surface area contributed by atoms with E-state index in [1.54, 1.807) is 19.1 Å². The van der Waals surface area contributed by atoms with Crippen LogP contribution in [0.5, 0.6) is 11.5 Å². The lowest BCUT2D eigenvalue weighted by Crippen LogP contribution is -2.43. The molecule has 2 aliphatic heterocycles. The quantitative estimate of drug-likeness (QED) is 0.762.